The minimum Gasteiger partial charge on any atom is -0.469 e. The van der Waals surface area contributed by atoms with E-state index in [0.717, 1.165) is 32.3 Å². The van der Waals surface area contributed by atoms with Crippen molar-refractivity contribution in [2.75, 3.05) is 7.11 Å². The number of carbonyl (C=O) groups is 2. The molecule has 150 valence electrons. The molecule has 4 bridgehead atoms. The monoisotopic (exact) mass is 387 g/mol. The largest absolute Gasteiger partial charge is 0.469 e. The first-order valence-electron chi connectivity index (χ1n) is 8.31. The number of rotatable bonds is 3. The van der Waals surface area contributed by atoms with E-state index >= 15 is 0 Å². The minimum atomic E-state index is -5.99. The molecule has 2 atom stereocenters. The number of ketones is 1. The second kappa shape index (κ2) is 7.03. The fraction of sp³-hybridized carbons (Fsp3) is 0.875. The van der Waals surface area contributed by atoms with E-state index in [-0.39, 0.29) is 5.60 Å². The molecular formula is C16H22F5NO4. The van der Waals surface area contributed by atoms with Gasteiger partial charge in [0, 0.05) is 6.04 Å². The van der Waals surface area contributed by atoms with Gasteiger partial charge in [-0.05, 0) is 49.9 Å². The summed E-state index contributed by atoms with van der Waals surface area (Å²) in [6, 6.07) is 0.404. The lowest BCUT2D eigenvalue weighted by atomic mass is 9.52. The lowest BCUT2D eigenvalue weighted by Gasteiger charge is -2.57. The molecule has 4 rings (SSSR count). The third-order valence-corrected chi connectivity index (χ3v) is 5.55. The van der Waals surface area contributed by atoms with Crippen LogP contribution >= 0.6 is 0 Å². The van der Waals surface area contributed by atoms with Gasteiger partial charge in [0.2, 0.25) is 5.78 Å². The van der Waals surface area contributed by atoms with Crippen molar-refractivity contribution in [1.29, 1.82) is 0 Å². The van der Waals surface area contributed by atoms with E-state index in [4.69, 9.17) is 5.73 Å². The number of ether oxygens (including phenoxy) is 1. The predicted octanol–water partition coefficient (Wildman–Crippen LogP) is 2.20. The molecule has 4 aliphatic carbocycles. The highest BCUT2D eigenvalue weighted by Crippen LogP contribution is 2.54. The zero-order chi connectivity index (χ0) is 19.9. The first-order valence-corrected chi connectivity index (χ1v) is 8.31. The molecule has 0 aromatic carbocycles. The highest BCUT2D eigenvalue weighted by molar-refractivity contribution is 5.99. The van der Waals surface area contributed by atoms with Gasteiger partial charge in [-0.15, -0.1) is 0 Å². The van der Waals surface area contributed by atoms with Crippen LogP contribution in [-0.2, 0) is 14.3 Å². The van der Waals surface area contributed by atoms with Gasteiger partial charge in [0.15, 0.2) is 0 Å². The van der Waals surface area contributed by atoms with Crippen LogP contribution in [0, 0.1) is 17.8 Å². The van der Waals surface area contributed by atoms with Crippen molar-refractivity contribution >= 4 is 11.8 Å². The maximum atomic E-state index is 12.1. The molecule has 4 aliphatic rings. The Bertz CT molecular complexity index is 549. The van der Waals surface area contributed by atoms with Crippen LogP contribution in [0.4, 0.5) is 22.0 Å². The number of methoxy groups -OCH3 is 1. The fourth-order valence-corrected chi connectivity index (χ4v) is 4.49. The van der Waals surface area contributed by atoms with Gasteiger partial charge in [-0.1, -0.05) is 0 Å². The molecule has 0 radical (unpaired) electrons. The number of alkyl halides is 5. The number of hydrogen-bond acceptors (Lipinski definition) is 5. The summed E-state index contributed by atoms with van der Waals surface area (Å²) in [6.07, 6.45) is -1.98. The molecule has 4 saturated carbocycles. The average Bonchev–Trinajstić information content (AvgIpc) is 2.50. The van der Waals surface area contributed by atoms with Crippen molar-refractivity contribution in [2.24, 2.45) is 23.5 Å². The highest BCUT2D eigenvalue weighted by atomic mass is 19.4. The molecule has 10 heteroatoms. The average molecular weight is 387 g/mol. The van der Waals surface area contributed by atoms with Crippen molar-refractivity contribution in [3.05, 3.63) is 0 Å². The van der Waals surface area contributed by atoms with Crippen molar-refractivity contribution in [1.82, 2.24) is 0 Å². The summed E-state index contributed by atoms with van der Waals surface area (Å²) < 4.78 is 62.6. The molecule has 26 heavy (non-hydrogen) atoms. The molecule has 0 aromatic rings. The molecule has 0 spiro atoms. The number of hydrogen-bond donors (Lipinski definition) is 2. The summed E-state index contributed by atoms with van der Waals surface area (Å²) in [6.45, 7) is 0. The van der Waals surface area contributed by atoms with E-state index in [9.17, 15) is 36.6 Å². The summed E-state index contributed by atoms with van der Waals surface area (Å²) in [5.74, 6) is -7.41. The number of esters is 1. The summed E-state index contributed by atoms with van der Waals surface area (Å²) in [7, 11) is 0.765. The van der Waals surface area contributed by atoms with Gasteiger partial charge in [0.25, 0.3) is 0 Å². The molecule has 5 nitrogen and oxygen atoms in total. The molecule has 4 fully saturated rings. The molecule has 3 N–H and O–H groups in total. The van der Waals surface area contributed by atoms with Gasteiger partial charge < -0.3 is 15.6 Å². The van der Waals surface area contributed by atoms with Crippen LogP contribution in [0.15, 0.2) is 0 Å². The third-order valence-electron chi connectivity index (χ3n) is 5.55. The predicted molar refractivity (Wildman–Crippen MR) is 79.1 cm³/mol. The van der Waals surface area contributed by atoms with E-state index < -0.39 is 30.3 Å². The Kier molecular flexibility index (Phi) is 5.68. The second-order valence-corrected chi connectivity index (χ2v) is 7.52. The Labute approximate surface area is 147 Å². The first-order chi connectivity index (χ1) is 11.8. The maximum Gasteiger partial charge on any atom is 0.461 e. The maximum absolute atomic E-state index is 12.1. The van der Waals surface area contributed by atoms with Gasteiger partial charge in [0.05, 0.1) is 12.7 Å². The number of halogens is 5. The summed E-state index contributed by atoms with van der Waals surface area (Å²) in [4.78, 5) is 20.6. The van der Waals surface area contributed by atoms with Crippen LogP contribution < -0.4 is 5.73 Å². The number of nitrogens with two attached hydrogens (primary N) is 1. The van der Waals surface area contributed by atoms with Gasteiger partial charge in [0.1, 0.15) is 6.42 Å². The van der Waals surface area contributed by atoms with E-state index in [1.165, 1.54) is 12.8 Å². The Balaban J connectivity index is 0.000000187. The topological polar surface area (TPSA) is 89.6 Å². The molecular weight excluding hydrogens is 365 g/mol. The fourth-order valence-electron chi connectivity index (χ4n) is 4.49. The quantitative estimate of drug-likeness (QED) is 0.440. The van der Waals surface area contributed by atoms with Crippen LogP contribution in [0.3, 0.4) is 0 Å². The Morgan fingerprint density at radius 2 is 1.62 bits per heavy atom. The van der Waals surface area contributed by atoms with Crippen LogP contribution in [0.1, 0.15) is 38.5 Å². The number of Topliss-reactive ketones (excluding diaryl/α,β-unsaturated/α-hetero) is 1. The molecule has 0 heterocycles. The standard InChI is InChI=1S/C10H17NO.C6H5F5O3/c11-9-7-1-6-2-8(9)5-10(12,3-6)4-7;1-14-4(13)2-3(12)5(7,8)6(9,10)11/h6-9,12H,1-5,11H2;2H2,1H3. The summed E-state index contributed by atoms with van der Waals surface area (Å²) in [5.41, 5.74) is 5.82. The zero-order valence-electron chi connectivity index (χ0n) is 14.2. The van der Waals surface area contributed by atoms with Gasteiger partial charge in [-0.2, -0.15) is 22.0 Å². The van der Waals surface area contributed by atoms with Gasteiger partial charge in [-0.25, -0.2) is 0 Å². The smallest absolute Gasteiger partial charge is 0.461 e. The lowest BCUT2D eigenvalue weighted by molar-refractivity contribution is -0.268. The molecule has 0 amide bonds. The molecule has 0 aliphatic heterocycles. The van der Waals surface area contributed by atoms with Crippen molar-refractivity contribution in [3.8, 4) is 0 Å². The Hall–Kier alpha value is -1.29. The van der Waals surface area contributed by atoms with Gasteiger partial charge in [-0.3, -0.25) is 9.59 Å². The summed E-state index contributed by atoms with van der Waals surface area (Å²) in [5, 5.41) is 10.2. The van der Waals surface area contributed by atoms with Crippen LogP contribution in [-0.4, -0.2) is 47.7 Å². The molecule has 0 aromatic heterocycles. The van der Waals surface area contributed by atoms with Crippen LogP contribution in [0.2, 0.25) is 0 Å². The van der Waals surface area contributed by atoms with E-state index in [2.05, 4.69) is 4.74 Å². The Morgan fingerprint density at radius 3 is 2.00 bits per heavy atom. The highest BCUT2D eigenvalue weighted by Gasteiger charge is 2.63. The molecule has 0 saturated heterocycles. The third kappa shape index (κ3) is 4.16. The van der Waals surface area contributed by atoms with Crippen LogP contribution in [0.25, 0.3) is 0 Å². The lowest BCUT2D eigenvalue weighted by Crippen LogP contribution is -2.59. The minimum absolute atomic E-state index is 0.299. The summed E-state index contributed by atoms with van der Waals surface area (Å²) >= 11 is 0. The normalized spacial score (nSPS) is 35.5. The van der Waals surface area contributed by atoms with E-state index in [1.807, 2.05) is 0 Å². The van der Waals surface area contributed by atoms with E-state index in [1.54, 1.807) is 0 Å². The number of carbonyl (C=O) groups excluding carboxylic acids is 2. The van der Waals surface area contributed by atoms with Crippen LogP contribution in [0.5, 0.6) is 0 Å². The molecule has 2 unspecified atom stereocenters. The zero-order valence-corrected chi connectivity index (χ0v) is 14.2. The second-order valence-electron chi connectivity index (χ2n) is 7.52. The SMILES string of the molecule is COC(=O)CC(=O)C(F)(F)C(F)(F)F.NC1C2CC3CC1CC(O)(C3)C2. The van der Waals surface area contributed by atoms with Gasteiger partial charge >= 0.3 is 18.1 Å². The van der Waals surface area contributed by atoms with Crippen molar-refractivity contribution < 1.29 is 41.4 Å². The van der Waals surface area contributed by atoms with Crippen molar-refractivity contribution in [2.45, 2.75) is 62.3 Å². The van der Waals surface area contributed by atoms with Crippen molar-refractivity contribution in [3.63, 3.8) is 0 Å². The number of aliphatic hydroxyl groups is 1. The van der Waals surface area contributed by atoms with E-state index in [0.29, 0.717) is 17.9 Å². The Morgan fingerprint density at radius 1 is 1.12 bits per heavy atom. The first kappa shape index (κ1) is 21.0.